The summed E-state index contributed by atoms with van der Waals surface area (Å²) in [6, 6.07) is 0. The first-order valence-corrected chi connectivity index (χ1v) is 7.32. The van der Waals surface area contributed by atoms with Crippen molar-refractivity contribution in [3.05, 3.63) is 11.5 Å². The van der Waals surface area contributed by atoms with Crippen molar-refractivity contribution in [2.24, 2.45) is 7.05 Å². The second-order valence-electron chi connectivity index (χ2n) is 3.75. The monoisotopic (exact) mass is 356 g/mol. The Balaban J connectivity index is 2.74. The molecule has 1 aromatic heterocycles. The molecule has 16 heavy (non-hydrogen) atoms. The number of halogens is 1. The zero-order valence-corrected chi connectivity index (χ0v) is 12.4. The third kappa shape index (κ3) is 1.39. The number of aromatic nitrogens is 2. The van der Waals surface area contributed by atoms with Crippen LogP contribution < -0.4 is 4.31 Å². The maximum atomic E-state index is 12.0. The number of alkyl halides is 1. The van der Waals surface area contributed by atoms with Gasteiger partial charge in [-0.1, -0.05) is 22.6 Å². The first kappa shape index (κ1) is 12.1. The molecule has 0 radical (unpaired) electrons. The van der Waals surface area contributed by atoms with Crippen molar-refractivity contribution in [2.45, 2.75) is 11.0 Å². The number of imidazole rings is 1. The predicted octanol–water partition coefficient (Wildman–Crippen LogP) is 0.789. The predicted molar refractivity (Wildman–Crippen MR) is 69.8 cm³/mol. The molecule has 0 spiro atoms. The van der Waals surface area contributed by atoms with Crippen LogP contribution in [0.1, 0.15) is 15.6 Å². The Morgan fingerprint density at radius 3 is 2.44 bits per heavy atom. The number of nitrogens with zero attached hydrogens (tertiary/aromatic N) is 4. The average molecular weight is 356 g/mol. The third-order valence-corrected chi connectivity index (χ3v) is 6.50. The fraction of sp³-hybridized carbons (Fsp3) is 0.625. The molecule has 0 aliphatic carbocycles. The van der Waals surface area contributed by atoms with Gasteiger partial charge in [0.05, 0.1) is 5.69 Å². The Labute approximate surface area is 109 Å². The van der Waals surface area contributed by atoms with Gasteiger partial charge in [-0.3, -0.25) is 0 Å². The van der Waals surface area contributed by atoms with Crippen LogP contribution in [0.2, 0.25) is 0 Å². The van der Waals surface area contributed by atoms with E-state index in [0.29, 0.717) is 5.82 Å². The van der Waals surface area contributed by atoms with Gasteiger partial charge in [-0.05, 0) is 6.92 Å². The summed E-state index contributed by atoms with van der Waals surface area (Å²) in [5, 5.41) is 0. The number of anilines is 1. The van der Waals surface area contributed by atoms with E-state index in [-0.39, 0.29) is 4.05 Å². The van der Waals surface area contributed by atoms with Crippen LogP contribution in [0.3, 0.4) is 0 Å². The van der Waals surface area contributed by atoms with E-state index in [1.54, 1.807) is 7.05 Å². The lowest BCUT2D eigenvalue weighted by atomic mass is 10.4. The second kappa shape index (κ2) is 3.57. The van der Waals surface area contributed by atoms with Gasteiger partial charge >= 0.3 is 10.2 Å². The summed E-state index contributed by atoms with van der Waals surface area (Å²) < 4.78 is 28.3. The Morgan fingerprint density at radius 1 is 1.31 bits per heavy atom. The summed E-state index contributed by atoms with van der Waals surface area (Å²) >= 11 is 2.11. The van der Waals surface area contributed by atoms with Crippen molar-refractivity contribution in [3.63, 3.8) is 0 Å². The molecule has 6 nitrogen and oxygen atoms in total. The zero-order valence-electron chi connectivity index (χ0n) is 9.47. The van der Waals surface area contributed by atoms with E-state index < -0.39 is 10.2 Å². The summed E-state index contributed by atoms with van der Waals surface area (Å²) in [6.07, 6.45) is 0. The molecule has 2 heterocycles. The summed E-state index contributed by atoms with van der Waals surface area (Å²) in [7, 11) is 1.58. The molecule has 2 rings (SSSR count). The Morgan fingerprint density at radius 2 is 1.88 bits per heavy atom. The van der Waals surface area contributed by atoms with Crippen LogP contribution >= 0.6 is 22.6 Å². The van der Waals surface area contributed by atoms with Crippen LogP contribution in [0, 0.1) is 6.92 Å². The molecule has 90 valence electrons. The summed E-state index contributed by atoms with van der Waals surface area (Å²) in [4.78, 5) is 4.29. The molecule has 1 aliphatic heterocycles. The van der Waals surface area contributed by atoms with Crippen LogP contribution in [-0.2, 0) is 17.3 Å². The molecule has 1 aromatic rings. The summed E-state index contributed by atoms with van der Waals surface area (Å²) in [6.45, 7) is 1.86. The van der Waals surface area contributed by atoms with Crippen molar-refractivity contribution in [3.8, 4) is 0 Å². The molecule has 0 saturated carbocycles. The fourth-order valence-corrected chi connectivity index (χ4v) is 4.33. The minimum Gasteiger partial charge on any atom is -0.331 e. The number of fused-ring (bicyclic) bond motifs is 1. The Bertz CT molecular complexity index is 538. The molecule has 0 fully saturated rings. The van der Waals surface area contributed by atoms with Crippen molar-refractivity contribution in [1.82, 2.24) is 13.9 Å². The molecule has 1 unspecified atom stereocenters. The van der Waals surface area contributed by atoms with Gasteiger partial charge in [0, 0.05) is 21.1 Å². The number of hydrogen-bond donors (Lipinski definition) is 0. The van der Waals surface area contributed by atoms with Gasteiger partial charge in [0.1, 0.15) is 9.87 Å². The SMILES string of the molecule is Cc1nc2c(n1C)C(I)N(C)S(=O)(=O)N2C. The van der Waals surface area contributed by atoms with Gasteiger partial charge in [-0.15, -0.1) is 0 Å². The smallest absolute Gasteiger partial charge is 0.306 e. The molecule has 8 heteroatoms. The maximum absolute atomic E-state index is 12.0. The Hall–Kier alpha value is -0.350. The maximum Gasteiger partial charge on any atom is 0.306 e. The van der Waals surface area contributed by atoms with Gasteiger partial charge < -0.3 is 4.57 Å². The van der Waals surface area contributed by atoms with Crippen molar-refractivity contribution >= 4 is 38.6 Å². The first-order valence-electron chi connectivity index (χ1n) is 4.67. The highest BCUT2D eigenvalue weighted by Crippen LogP contribution is 2.41. The molecule has 0 aromatic carbocycles. The fourth-order valence-electron chi connectivity index (χ4n) is 1.70. The molecular weight excluding hydrogens is 343 g/mol. The van der Waals surface area contributed by atoms with E-state index in [9.17, 15) is 8.42 Å². The van der Waals surface area contributed by atoms with E-state index >= 15 is 0 Å². The highest BCUT2D eigenvalue weighted by atomic mass is 127. The van der Waals surface area contributed by atoms with Crippen molar-refractivity contribution < 1.29 is 8.42 Å². The minimum absolute atomic E-state index is 0.222. The van der Waals surface area contributed by atoms with Gasteiger partial charge in [-0.2, -0.15) is 12.7 Å². The molecule has 0 saturated heterocycles. The highest BCUT2D eigenvalue weighted by molar-refractivity contribution is 14.1. The molecule has 0 bridgehead atoms. The van der Waals surface area contributed by atoms with Crippen LogP contribution in [0.5, 0.6) is 0 Å². The quantitative estimate of drug-likeness (QED) is 0.392. The topological polar surface area (TPSA) is 58.4 Å². The van der Waals surface area contributed by atoms with Crippen LogP contribution in [0.25, 0.3) is 0 Å². The Kier molecular flexibility index (Phi) is 2.70. The van der Waals surface area contributed by atoms with Crippen molar-refractivity contribution in [2.75, 3.05) is 18.4 Å². The average Bonchev–Trinajstić information content (AvgIpc) is 2.51. The van der Waals surface area contributed by atoms with Gasteiger partial charge in [-0.25, -0.2) is 9.29 Å². The zero-order chi connectivity index (χ0) is 12.2. The largest absolute Gasteiger partial charge is 0.331 e. The molecule has 1 atom stereocenters. The van der Waals surface area contributed by atoms with Gasteiger partial charge in [0.15, 0.2) is 5.82 Å². The summed E-state index contributed by atoms with van der Waals surface area (Å²) in [5.74, 6) is 1.33. The van der Waals surface area contributed by atoms with Crippen molar-refractivity contribution in [1.29, 1.82) is 0 Å². The lowest BCUT2D eigenvalue weighted by Gasteiger charge is -2.34. The third-order valence-electron chi connectivity index (χ3n) is 2.90. The normalized spacial score (nSPS) is 24.6. The molecule has 1 aliphatic rings. The highest BCUT2D eigenvalue weighted by Gasteiger charge is 2.41. The lowest BCUT2D eigenvalue weighted by Crippen LogP contribution is -2.45. The van der Waals surface area contributed by atoms with E-state index in [1.165, 1.54) is 15.7 Å². The minimum atomic E-state index is -3.42. The lowest BCUT2D eigenvalue weighted by molar-refractivity contribution is 0.449. The van der Waals surface area contributed by atoms with Crippen LogP contribution in [-0.4, -0.2) is 36.4 Å². The van der Waals surface area contributed by atoms with Crippen LogP contribution in [0.4, 0.5) is 5.82 Å². The van der Waals surface area contributed by atoms with Crippen LogP contribution in [0.15, 0.2) is 0 Å². The van der Waals surface area contributed by atoms with E-state index in [0.717, 1.165) is 11.5 Å². The second-order valence-corrected chi connectivity index (χ2v) is 6.95. The summed E-state index contributed by atoms with van der Waals surface area (Å²) in [5.41, 5.74) is 0.915. The first-order chi connectivity index (χ1) is 7.28. The number of rotatable bonds is 0. The number of hydrogen-bond acceptors (Lipinski definition) is 3. The van der Waals surface area contributed by atoms with E-state index in [4.69, 9.17) is 0 Å². The van der Waals surface area contributed by atoms with Gasteiger partial charge in [0.2, 0.25) is 0 Å². The molecular formula is C8H13IN4O2S. The van der Waals surface area contributed by atoms with Gasteiger partial charge in [0.25, 0.3) is 0 Å². The molecule has 0 amide bonds. The van der Waals surface area contributed by atoms with E-state index in [1.807, 2.05) is 18.5 Å². The molecule has 0 N–H and O–H groups in total. The standard InChI is InChI=1S/C8H13IN4O2S/c1-5-10-8-6(11(5)2)7(9)12(3)16(14,15)13(8)4/h7H,1-4H3. The number of aryl methyl sites for hydroxylation is 1. The van der Waals surface area contributed by atoms with E-state index in [2.05, 4.69) is 27.6 Å².